The smallest absolute Gasteiger partial charge is 0.163 e. The van der Waals surface area contributed by atoms with Crippen LogP contribution in [0, 0.1) is 0 Å². The monoisotopic (exact) mass is 183 g/mol. The molecule has 0 saturated carbocycles. The van der Waals surface area contributed by atoms with Crippen LogP contribution in [0.5, 0.6) is 0 Å². The summed E-state index contributed by atoms with van der Waals surface area (Å²) >= 11 is 0. The first kappa shape index (κ1) is 9.19. The fraction of sp³-hybridized carbons (Fsp3) is 0.800. The van der Waals surface area contributed by atoms with Crippen molar-refractivity contribution < 1.29 is 9.47 Å². The van der Waals surface area contributed by atoms with Crippen LogP contribution in [0.3, 0.4) is 0 Å². The highest BCUT2D eigenvalue weighted by atomic mass is 16.8. The van der Waals surface area contributed by atoms with Gasteiger partial charge in [-0.15, -0.1) is 6.58 Å². The van der Waals surface area contributed by atoms with Gasteiger partial charge in [-0.05, 0) is 20.3 Å². The highest BCUT2D eigenvalue weighted by molar-refractivity contribution is 4.99. The lowest BCUT2D eigenvalue weighted by molar-refractivity contribution is -0.152. The molecule has 2 saturated heterocycles. The lowest BCUT2D eigenvalue weighted by Crippen LogP contribution is -2.34. The number of hydrogen-bond donors (Lipinski definition) is 1. The van der Waals surface area contributed by atoms with Crippen molar-refractivity contribution in [3.8, 4) is 0 Å². The highest BCUT2D eigenvalue weighted by Gasteiger charge is 2.48. The molecule has 2 rings (SSSR count). The Morgan fingerprint density at radius 2 is 2.31 bits per heavy atom. The van der Waals surface area contributed by atoms with Gasteiger partial charge in [0.05, 0.1) is 0 Å². The zero-order chi connectivity index (χ0) is 9.47. The topological polar surface area (TPSA) is 30.5 Å². The second kappa shape index (κ2) is 3.08. The first-order chi connectivity index (χ1) is 6.12. The maximum absolute atomic E-state index is 5.81. The van der Waals surface area contributed by atoms with E-state index in [0.717, 1.165) is 13.0 Å². The zero-order valence-electron chi connectivity index (χ0n) is 8.25. The van der Waals surface area contributed by atoms with Crippen molar-refractivity contribution in [3.63, 3.8) is 0 Å². The zero-order valence-corrected chi connectivity index (χ0v) is 8.25. The van der Waals surface area contributed by atoms with Crippen LogP contribution in [0.2, 0.25) is 0 Å². The van der Waals surface area contributed by atoms with Crippen molar-refractivity contribution in [2.45, 2.75) is 44.3 Å². The van der Waals surface area contributed by atoms with Gasteiger partial charge in [-0.3, -0.25) is 0 Å². The Labute approximate surface area is 79.1 Å². The average molecular weight is 183 g/mol. The van der Waals surface area contributed by atoms with E-state index in [0.29, 0.717) is 6.04 Å². The summed E-state index contributed by atoms with van der Waals surface area (Å²) in [5.41, 5.74) is 0. The van der Waals surface area contributed by atoms with Crippen LogP contribution >= 0.6 is 0 Å². The normalized spacial score (nSPS) is 41.8. The van der Waals surface area contributed by atoms with E-state index in [9.17, 15) is 0 Å². The van der Waals surface area contributed by atoms with Gasteiger partial charge in [-0.2, -0.15) is 0 Å². The van der Waals surface area contributed by atoms with E-state index in [1.807, 2.05) is 19.9 Å². The third-order valence-electron chi connectivity index (χ3n) is 2.62. The van der Waals surface area contributed by atoms with Crippen LogP contribution in [0.1, 0.15) is 20.3 Å². The van der Waals surface area contributed by atoms with Crippen LogP contribution in [-0.2, 0) is 9.47 Å². The Morgan fingerprint density at radius 1 is 1.54 bits per heavy atom. The van der Waals surface area contributed by atoms with E-state index in [4.69, 9.17) is 9.47 Å². The van der Waals surface area contributed by atoms with Gasteiger partial charge in [0.25, 0.3) is 0 Å². The molecule has 3 nitrogen and oxygen atoms in total. The van der Waals surface area contributed by atoms with Crippen LogP contribution in [0.25, 0.3) is 0 Å². The lowest BCUT2D eigenvalue weighted by atomic mass is 10.1. The van der Waals surface area contributed by atoms with Gasteiger partial charge >= 0.3 is 0 Å². The van der Waals surface area contributed by atoms with Gasteiger partial charge in [0.2, 0.25) is 0 Å². The standard InChI is InChI=1S/C10H17NO2/c1-4-5-7-9-8(6-11-7)12-10(2,3)13-9/h4,7-9,11H,1,5-6H2,2-3H3/t7?,8-,9+/m1/s1. The molecule has 0 aliphatic carbocycles. The Morgan fingerprint density at radius 3 is 3.00 bits per heavy atom. The first-order valence-corrected chi connectivity index (χ1v) is 4.82. The molecule has 0 aromatic carbocycles. The number of ether oxygens (including phenoxy) is 2. The maximum Gasteiger partial charge on any atom is 0.163 e. The second-order valence-corrected chi connectivity index (χ2v) is 4.18. The van der Waals surface area contributed by atoms with E-state index in [2.05, 4.69) is 11.9 Å². The van der Waals surface area contributed by atoms with Crippen LogP contribution in [0.4, 0.5) is 0 Å². The highest BCUT2D eigenvalue weighted by Crippen LogP contribution is 2.33. The molecule has 2 aliphatic rings. The molecule has 2 aliphatic heterocycles. The maximum atomic E-state index is 5.81. The summed E-state index contributed by atoms with van der Waals surface area (Å²) in [4.78, 5) is 0. The quantitative estimate of drug-likeness (QED) is 0.649. The largest absolute Gasteiger partial charge is 0.343 e. The van der Waals surface area contributed by atoms with Gasteiger partial charge in [0.15, 0.2) is 5.79 Å². The van der Waals surface area contributed by atoms with Crippen LogP contribution in [-0.4, -0.2) is 30.6 Å². The Hall–Kier alpha value is -0.380. The molecule has 2 fully saturated rings. The molecule has 74 valence electrons. The summed E-state index contributed by atoms with van der Waals surface area (Å²) in [6.07, 6.45) is 3.29. The van der Waals surface area contributed by atoms with Crippen molar-refractivity contribution in [2.75, 3.05) is 6.54 Å². The predicted octanol–water partition coefficient (Wildman–Crippen LogP) is 1.05. The summed E-state index contributed by atoms with van der Waals surface area (Å²) < 4.78 is 11.5. The van der Waals surface area contributed by atoms with Crippen molar-refractivity contribution in [2.24, 2.45) is 0 Å². The molecule has 1 N–H and O–H groups in total. The molecule has 0 amide bonds. The molecule has 0 spiro atoms. The van der Waals surface area contributed by atoms with Crippen molar-refractivity contribution in [1.82, 2.24) is 5.32 Å². The van der Waals surface area contributed by atoms with E-state index in [1.165, 1.54) is 0 Å². The second-order valence-electron chi connectivity index (χ2n) is 4.18. The minimum Gasteiger partial charge on any atom is -0.343 e. The summed E-state index contributed by atoms with van der Waals surface area (Å²) in [5, 5.41) is 3.38. The Kier molecular flexibility index (Phi) is 2.18. The molecule has 3 atom stereocenters. The molecule has 13 heavy (non-hydrogen) atoms. The number of rotatable bonds is 2. The van der Waals surface area contributed by atoms with Crippen molar-refractivity contribution in [3.05, 3.63) is 12.7 Å². The minimum absolute atomic E-state index is 0.202. The van der Waals surface area contributed by atoms with Crippen molar-refractivity contribution in [1.29, 1.82) is 0 Å². The molecular weight excluding hydrogens is 166 g/mol. The van der Waals surface area contributed by atoms with E-state index in [-0.39, 0.29) is 12.2 Å². The van der Waals surface area contributed by atoms with Gasteiger partial charge in [0.1, 0.15) is 12.2 Å². The Bertz CT molecular complexity index is 215. The number of fused-ring (bicyclic) bond motifs is 1. The first-order valence-electron chi connectivity index (χ1n) is 4.82. The lowest BCUT2D eigenvalue weighted by Gasteiger charge is -2.21. The van der Waals surface area contributed by atoms with Gasteiger partial charge in [-0.1, -0.05) is 6.08 Å². The SMILES string of the molecule is C=CCC1NC[C@H]2OC(C)(C)O[C@@H]12. The fourth-order valence-electron chi connectivity index (χ4n) is 2.14. The fourth-order valence-corrected chi connectivity index (χ4v) is 2.14. The minimum atomic E-state index is -0.406. The van der Waals surface area contributed by atoms with Crippen molar-refractivity contribution >= 4 is 0 Å². The number of nitrogens with one attached hydrogen (secondary N) is 1. The van der Waals surface area contributed by atoms with Crippen LogP contribution < -0.4 is 5.32 Å². The Balaban J connectivity index is 2.03. The molecule has 0 radical (unpaired) electrons. The number of hydrogen-bond acceptors (Lipinski definition) is 3. The van der Waals surface area contributed by atoms with E-state index < -0.39 is 5.79 Å². The van der Waals surface area contributed by atoms with Gasteiger partial charge in [-0.25, -0.2) is 0 Å². The van der Waals surface area contributed by atoms with E-state index in [1.54, 1.807) is 0 Å². The molecule has 0 aromatic rings. The molecule has 0 aromatic heterocycles. The summed E-state index contributed by atoms with van der Waals surface area (Å²) in [6.45, 7) is 8.57. The average Bonchev–Trinajstić information content (AvgIpc) is 2.48. The molecule has 2 heterocycles. The van der Waals surface area contributed by atoms with Crippen LogP contribution in [0.15, 0.2) is 12.7 Å². The summed E-state index contributed by atoms with van der Waals surface area (Å²) in [7, 11) is 0. The molecule has 0 bridgehead atoms. The molecular formula is C10H17NO2. The molecule has 3 heteroatoms. The third-order valence-corrected chi connectivity index (χ3v) is 2.62. The van der Waals surface area contributed by atoms with E-state index >= 15 is 0 Å². The third kappa shape index (κ3) is 1.64. The summed E-state index contributed by atoms with van der Waals surface area (Å²) in [6, 6.07) is 0.379. The summed E-state index contributed by atoms with van der Waals surface area (Å²) in [5.74, 6) is -0.406. The van der Waals surface area contributed by atoms with Gasteiger partial charge < -0.3 is 14.8 Å². The predicted molar refractivity (Wildman–Crippen MR) is 50.4 cm³/mol. The molecule has 1 unspecified atom stereocenters. The van der Waals surface area contributed by atoms with Gasteiger partial charge in [0, 0.05) is 12.6 Å².